The van der Waals surface area contributed by atoms with Gasteiger partial charge in [-0.3, -0.25) is 0 Å². The summed E-state index contributed by atoms with van der Waals surface area (Å²) in [6, 6.07) is 16.7. The molecular weight excluding hydrogens is 301 g/mol. The first-order valence-corrected chi connectivity index (χ1v) is 8.19. The third kappa shape index (κ3) is 4.74. The van der Waals surface area contributed by atoms with Crippen molar-refractivity contribution in [1.82, 2.24) is 5.32 Å². The van der Waals surface area contributed by atoms with E-state index in [0.29, 0.717) is 10.0 Å². The summed E-state index contributed by atoms with van der Waals surface area (Å²) in [5.74, 6) is 0. The number of rotatable bonds is 7. The second-order valence-electron chi connectivity index (χ2n) is 5.13. The first kappa shape index (κ1) is 16.4. The van der Waals surface area contributed by atoms with Gasteiger partial charge in [0.05, 0.1) is 10.0 Å². The van der Waals surface area contributed by atoms with E-state index < -0.39 is 0 Å². The van der Waals surface area contributed by atoms with Gasteiger partial charge in [0.1, 0.15) is 0 Å². The Balaban J connectivity index is 2.00. The van der Waals surface area contributed by atoms with E-state index in [1.54, 1.807) is 0 Å². The molecular formula is C18H21Cl2N. The highest BCUT2D eigenvalue weighted by atomic mass is 35.5. The Morgan fingerprint density at radius 2 is 1.76 bits per heavy atom. The molecule has 0 bridgehead atoms. The largest absolute Gasteiger partial charge is 0.310 e. The van der Waals surface area contributed by atoms with Crippen LogP contribution in [0.5, 0.6) is 0 Å². The van der Waals surface area contributed by atoms with Crippen LogP contribution in [0.3, 0.4) is 0 Å². The van der Waals surface area contributed by atoms with E-state index in [0.717, 1.165) is 31.4 Å². The SMILES string of the molecule is CCNC(CCCc1ccccc1)c1cccc(Cl)c1Cl. The molecule has 0 aromatic heterocycles. The fraction of sp³-hybridized carbons (Fsp3) is 0.333. The third-order valence-electron chi connectivity index (χ3n) is 3.61. The van der Waals surface area contributed by atoms with Crippen molar-refractivity contribution in [2.45, 2.75) is 32.2 Å². The van der Waals surface area contributed by atoms with Crippen molar-refractivity contribution in [3.05, 3.63) is 69.7 Å². The molecule has 1 unspecified atom stereocenters. The molecule has 0 aliphatic heterocycles. The third-order valence-corrected chi connectivity index (χ3v) is 4.44. The molecule has 2 aromatic rings. The van der Waals surface area contributed by atoms with Gasteiger partial charge in [0.15, 0.2) is 0 Å². The molecule has 0 spiro atoms. The molecule has 112 valence electrons. The van der Waals surface area contributed by atoms with Crippen LogP contribution in [0.25, 0.3) is 0 Å². The molecule has 2 aromatic carbocycles. The number of nitrogens with one attached hydrogen (secondary N) is 1. The Kier molecular flexibility index (Phi) is 6.56. The summed E-state index contributed by atoms with van der Waals surface area (Å²) in [5.41, 5.74) is 2.48. The second kappa shape index (κ2) is 8.43. The Morgan fingerprint density at radius 1 is 1.00 bits per heavy atom. The topological polar surface area (TPSA) is 12.0 Å². The molecule has 21 heavy (non-hydrogen) atoms. The minimum atomic E-state index is 0.255. The zero-order chi connectivity index (χ0) is 15.1. The van der Waals surface area contributed by atoms with Gasteiger partial charge in [0.2, 0.25) is 0 Å². The predicted molar refractivity (Wildman–Crippen MR) is 92.3 cm³/mol. The first-order chi connectivity index (χ1) is 10.2. The Hall–Kier alpha value is -1.02. The summed E-state index contributed by atoms with van der Waals surface area (Å²) in [5, 5.41) is 4.81. The van der Waals surface area contributed by atoms with Crippen molar-refractivity contribution < 1.29 is 0 Å². The van der Waals surface area contributed by atoms with Gasteiger partial charge in [-0.2, -0.15) is 0 Å². The maximum Gasteiger partial charge on any atom is 0.0640 e. The molecule has 0 saturated carbocycles. The molecule has 1 nitrogen and oxygen atoms in total. The zero-order valence-corrected chi connectivity index (χ0v) is 13.8. The van der Waals surface area contributed by atoms with Gasteiger partial charge in [0, 0.05) is 6.04 Å². The minimum Gasteiger partial charge on any atom is -0.310 e. The number of halogens is 2. The summed E-state index contributed by atoms with van der Waals surface area (Å²) in [7, 11) is 0. The van der Waals surface area contributed by atoms with Gasteiger partial charge >= 0.3 is 0 Å². The summed E-state index contributed by atoms with van der Waals surface area (Å²) >= 11 is 12.5. The predicted octanol–water partition coefficient (Wildman–Crippen LogP) is 5.67. The molecule has 3 heteroatoms. The molecule has 1 N–H and O–H groups in total. The quantitative estimate of drug-likeness (QED) is 0.693. The smallest absolute Gasteiger partial charge is 0.0640 e. The highest BCUT2D eigenvalue weighted by Crippen LogP contribution is 2.32. The lowest BCUT2D eigenvalue weighted by Crippen LogP contribution is -2.21. The summed E-state index contributed by atoms with van der Waals surface area (Å²) in [4.78, 5) is 0. The minimum absolute atomic E-state index is 0.255. The summed E-state index contributed by atoms with van der Waals surface area (Å²) in [6.45, 7) is 3.03. The zero-order valence-electron chi connectivity index (χ0n) is 12.3. The van der Waals surface area contributed by atoms with Crippen LogP contribution in [-0.2, 0) is 6.42 Å². The number of benzene rings is 2. The second-order valence-corrected chi connectivity index (χ2v) is 5.92. The summed E-state index contributed by atoms with van der Waals surface area (Å²) < 4.78 is 0. The number of hydrogen-bond acceptors (Lipinski definition) is 1. The van der Waals surface area contributed by atoms with Crippen LogP contribution in [-0.4, -0.2) is 6.54 Å². The molecule has 0 fully saturated rings. The van der Waals surface area contributed by atoms with Gasteiger partial charge in [-0.05, 0) is 43.0 Å². The first-order valence-electron chi connectivity index (χ1n) is 7.43. The van der Waals surface area contributed by atoms with Crippen LogP contribution in [0.4, 0.5) is 0 Å². The Bertz CT molecular complexity index is 554. The molecule has 1 atom stereocenters. The van der Waals surface area contributed by atoms with E-state index >= 15 is 0 Å². The van der Waals surface area contributed by atoms with Gasteiger partial charge < -0.3 is 5.32 Å². The average Bonchev–Trinajstić information content (AvgIpc) is 2.50. The van der Waals surface area contributed by atoms with E-state index in [9.17, 15) is 0 Å². The highest BCUT2D eigenvalue weighted by molar-refractivity contribution is 6.42. The van der Waals surface area contributed by atoms with Gasteiger partial charge in [-0.25, -0.2) is 0 Å². The molecule has 0 aliphatic rings. The van der Waals surface area contributed by atoms with E-state index in [1.165, 1.54) is 5.56 Å². The van der Waals surface area contributed by atoms with Crippen LogP contribution in [0.15, 0.2) is 48.5 Å². The molecule has 0 aliphatic carbocycles. The lowest BCUT2D eigenvalue weighted by atomic mass is 9.99. The standard InChI is InChI=1S/C18H21Cl2N/c1-2-21-17(15-11-7-12-16(19)18(15)20)13-6-10-14-8-4-3-5-9-14/h3-5,7-9,11-12,17,21H,2,6,10,13H2,1H3. The number of aryl methyl sites for hydroxylation is 1. The van der Waals surface area contributed by atoms with Crippen molar-refractivity contribution >= 4 is 23.2 Å². The normalized spacial score (nSPS) is 12.3. The van der Waals surface area contributed by atoms with E-state index in [-0.39, 0.29) is 6.04 Å². The van der Waals surface area contributed by atoms with Crippen LogP contribution in [0.1, 0.15) is 36.9 Å². The van der Waals surface area contributed by atoms with Crippen molar-refractivity contribution in [3.8, 4) is 0 Å². The fourth-order valence-corrected chi connectivity index (χ4v) is 3.00. The van der Waals surface area contributed by atoms with E-state index in [1.807, 2.05) is 12.1 Å². The highest BCUT2D eigenvalue weighted by Gasteiger charge is 2.15. The van der Waals surface area contributed by atoms with Gasteiger partial charge in [-0.1, -0.05) is 72.6 Å². The lowest BCUT2D eigenvalue weighted by Gasteiger charge is -2.20. The summed E-state index contributed by atoms with van der Waals surface area (Å²) in [6.07, 6.45) is 3.24. The number of hydrogen-bond donors (Lipinski definition) is 1. The van der Waals surface area contributed by atoms with Crippen molar-refractivity contribution in [2.75, 3.05) is 6.54 Å². The van der Waals surface area contributed by atoms with Crippen LogP contribution in [0, 0.1) is 0 Å². The van der Waals surface area contributed by atoms with Gasteiger partial charge in [-0.15, -0.1) is 0 Å². The molecule has 0 radical (unpaired) electrons. The molecule has 2 rings (SSSR count). The van der Waals surface area contributed by atoms with E-state index in [2.05, 4.69) is 48.6 Å². The molecule has 0 amide bonds. The monoisotopic (exact) mass is 321 g/mol. The molecule has 0 heterocycles. The van der Waals surface area contributed by atoms with Crippen LogP contribution < -0.4 is 5.32 Å². The van der Waals surface area contributed by atoms with Crippen LogP contribution in [0.2, 0.25) is 10.0 Å². The van der Waals surface area contributed by atoms with E-state index in [4.69, 9.17) is 23.2 Å². The maximum atomic E-state index is 6.35. The Morgan fingerprint density at radius 3 is 2.48 bits per heavy atom. The van der Waals surface area contributed by atoms with Crippen molar-refractivity contribution in [1.29, 1.82) is 0 Å². The molecule has 0 saturated heterocycles. The van der Waals surface area contributed by atoms with Crippen molar-refractivity contribution in [3.63, 3.8) is 0 Å². The van der Waals surface area contributed by atoms with Crippen molar-refractivity contribution in [2.24, 2.45) is 0 Å². The average molecular weight is 322 g/mol. The van der Waals surface area contributed by atoms with Crippen LogP contribution >= 0.6 is 23.2 Å². The lowest BCUT2D eigenvalue weighted by molar-refractivity contribution is 0.498. The van der Waals surface area contributed by atoms with Gasteiger partial charge in [0.25, 0.3) is 0 Å². The Labute approximate surface area is 137 Å². The fourth-order valence-electron chi connectivity index (χ4n) is 2.56. The maximum absolute atomic E-state index is 6.35.